The minimum Gasteiger partial charge on any atom is -0.342 e. The third-order valence-corrected chi connectivity index (χ3v) is 5.02. The fraction of sp³-hybridized carbons (Fsp3) is 0.938. The number of carbonyl (C=O) groups is 1. The lowest BCUT2D eigenvalue weighted by Gasteiger charge is -2.14. The molecule has 0 radical (unpaired) electrons. The first-order chi connectivity index (χ1) is 10.4. The summed E-state index contributed by atoms with van der Waals surface area (Å²) in [6.45, 7) is 3.56. The van der Waals surface area contributed by atoms with Crippen LogP contribution in [0.15, 0.2) is 0 Å². The van der Waals surface area contributed by atoms with E-state index in [0.29, 0.717) is 6.42 Å². The van der Waals surface area contributed by atoms with E-state index in [1.54, 1.807) is 0 Å². The van der Waals surface area contributed by atoms with Gasteiger partial charge in [-0.25, -0.2) is 0 Å². The monoisotopic (exact) mass is 335 g/mol. The Morgan fingerprint density at radius 2 is 1.32 bits per heavy atom. The van der Waals surface area contributed by atoms with Gasteiger partial charge in [0, 0.05) is 6.42 Å². The summed E-state index contributed by atoms with van der Waals surface area (Å²) >= 11 is 0. The Balaban J connectivity index is 3.36. The fourth-order valence-corrected chi connectivity index (χ4v) is 2.65. The zero-order valence-corrected chi connectivity index (χ0v) is 15.1. The lowest BCUT2D eigenvalue weighted by molar-refractivity contribution is -0.121. The molecule has 0 aliphatic rings. The van der Waals surface area contributed by atoms with E-state index in [-0.39, 0.29) is 5.91 Å². The number of carbonyl (C=O) groups excluding carboxylic acids is 1. The van der Waals surface area contributed by atoms with Gasteiger partial charge in [0.15, 0.2) is 0 Å². The van der Waals surface area contributed by atoms with Gasteiger partial charge >= 0.3 is 7.60 Å². The molecule has 0 heterocycles. The molecule has 0 unspecified atom stereocenters. The number of hydrogen-bond acceptors (Lipinski definition) is 2. The molecule has 0 saturated carbocycles. The number of rotatable bonds is 14. The Morgan fingerprint density at radius 1 is 0.909 bits per heavy atom. The van der Waals surface area contributed by atoms with Crippen LogP contribution in [0, 0.1) is 0 Å². The van der Waals surface area contributed by atoms with Crippen molar-refractivity contribution in [2.45, 2.75) is 96.7 Å². The van der Waals surface area contributed by atoms with E-state index >= 15 is 0 Å². The predicted molar refractivity (Wildman–Crippen MR) is 90.7 cm³/mol. The zero-order chi connectivity index (χ0) is 16.8. The first-order valence-electron chi connectivity index (χ1n) is 8.72. The Labute approximate surface area is 135 Å². The van der Waals surface area contributed by atoms with Crippen LogP contribution in [0.4, 0.5) is 0 Å². The maximum atomic E-state index is 11.5. The van der Waals surface area contributed by atoms with E-state index in [9.17, 15) is 9.36 Å². The molecule has 1 amide bonds. The topological polar surface area (TPSA) is 86.6 Å². The Morgan fingerprint density at radius 3 is 1.73 bits per heavy atom. The van der Waals surface area contributed by atoms with Crippen LogP contribution < -0.4 is 5.32 Å². The molecule has 1 atom stereocenters. The van der Waals surface area contributed by atoms with Gasteiger partial charge in [0.2, 0.25) is 5.91 Å². The average molecular weight is 335 g/mol. The summed E-state index contributed by atoms with van der Waals surface area (Å²) in [5.74, 6) is -1.36. The first-order valence-corrected chi connectivity index (χ1v) is 10.4. The first kappa shape index (κ1) is 21.6. The molecule has 3 N–H and O–H groups in total. The van der Waals surface area contributed by atoms with Gasteiger partial charge in [0.1, 0.15) is 5.78 Å². The van der Waals surface area contributed by atoms with E-state index in [1.807, 2.05) is 0 Å². The van der Waals surface area contributed by atoms with Crippen molar-refractivity contribution in [2.75, 3.05) is 0 Å². The van der Waals surface area contributed by atoms with Crippen LogP contribution in [-0.4, -0.2) is 21.5 Å². The molecule has 0 fully saturated rings. The Kier molecular flexibility index (Phi) is 12.9. The Bertz CT molecular complexity index is 330. The normalized spacial score (nSPS) is 13.1. The smallest absolute Gasteiger partial charge is 0.342 e. The number of nitrogens with one attached hydrogen (secondary N) is 1. The summed E-state index contributed by atoms with van der Waals surface area (Å²) in [4.78, 5) is 29.3. The van der Waals surface area contributed by atoms with Gasteiger partial charge in [0.25, 0.3) is 0 Å². The van der Waals surface area contributed by atoms with Crippen molar-refractivity contribution in [1.29, 1.82) is 0 Å². The molecule has 0 aliphatic carbocycles. The molecule has 0 aromatic carbocycles. The second-order valence-electron chi connectivity index (χ2n) is 6.12. The van der Waals surface area contributed by atoms with Gasteiger partial charge in [-0.2, -0.15) is 0 Å². The van der Waals surface area contributed by atoms with Crippen LogP contribution in [0.3, 0.4) is 0 Å². The molecule has 0 aliphatic heterocycles. The van der Waals surface area contributed by atoms with Crippen molar-refractivity contribution in [3.8, 4) is 0 Å². The standard InChI is InChI=1S/C16H34NO4P/c1-3-4-5-6-7-8-9-10-11-12-13-14-16(18)17-15(2)22(19,20)21/h15H,3-14H2,1-2H3,(H,17,18)(H2,19,20,21)/t15-/m1/s1. The van der Waals surface area contributed by atoms with Crippen molar-refractivity contribution in [1.82, 2.24) is 5.32 Å². The van der Waals surface area contributed by atoms with E-state index in [0.717, 1.165) is 19.3 Å². The number of hydrogen-bond donors (Lipinski definition) is 3. The molecule has 0 rings (SSSR count). The van der Waals surface area contributed by atoms with E-state index in [2.05, 4.69) is 12.2 Å². The summed E-state index contributed by atoms with van der Waals surface area (Å²) < 4.78 is 10.9. The van der Waals surface area contributed by atoms with Crippen LogP contribution in [0.5, 0.6) is 0 Å². The average Bonchev–Trinajstić information content (AvgIpc) is 2.43. The molecule has 132 valence electrons. The fourth-order valence-electron chi connectivity index (χ4n) is 2.34. The molecule has 0 bridgehead atoms. The zero-order valence-electron chi connectivity index (χ0n) is 14.2. The maximum Gasteiger partial charge on any atom is 0.347 e. The molecular formula is C16H34NO4P. The van der Waals surface area contributed by atoms with Crippen molar-refractivity contribution in [3.05, 3.63) is 0 Å². The minimum absolute atomic E-state index is 0.272. The number of amides is 1. The van der Waals surface area contributed by atoms with Gasteiger partial charge in [-0.05, 0) is 13.3 Å². The van der Waals surface area contributed by atoms with E-state index < -0.39 is 13.4 Å². The maximum absolute atomic E-state index is 11.5. The summed E-state index contributed by atoms with van der Waals surface area (Å²) in [7, 11) is -4.21. The van der Waals surface area contributed by atoms with Crippen molar-refractivity contribution in [2.24, 2.45) is 0 Å². The molecule has 5 nitrogen and oxygen atoms in total. The lowest BCUT2D eigenvalue weighted by Crippen LogP contribution is -2.32. The quantitative estimate of drug-likeness (QED) is 0.326. The highest BCUT2D eigenvalue weighted by atomic mass is 31.2. The van der Waals surface area contributed by atoms with Gasteiger partial charge in [-0.1, -0.05) is 71.1 Å². The third-order valence-electron chi connectivity index (χ3n) is 3.88. The summed E-state index contributed by atoms with van der Waals surface area (Å²) in [6, 6.07) is 0. The number of unbranched alkanes of at least 4 members (excludes halogenated alkanes) is 10. The van der Waals surface area contributed by atoms with Crippen LogP contribution in [-0.2, 0) is 9.36 Å². The van der Waals surface area contributed by atoms with E-state index in [1.165, 1.54) is 58.3 Å². The molecule has 0 aromatic rings. The third kappa shape index (κ3) is 13.3. The highest BCUT2D eigenvalue weighted by Gasteiger charge is 2.24. The molecule has 6 heteroatoms. The van der Waals surface area contributed by atoms with Gasteiger partial charge < -0.3 is 15.1 Å². The summed E-state index contributed by atoms with van der Waals surface area (Å²) in [6.07, 6.45) is 13.8. The Hall–Kier alpha value is -0.380. The van der Waals surface area contributed by atoms with Gasteiger partial charge in [0.05, 0.1) is 0 Å². The predicted octanol–water partition coefficient (Wildman–Crippen LogP) is 4.33. The highest BCUT2D eigenvalue weighted by Crippen LogP contribution is 2.39. The summed E-state index contributed by atoms with van der Waals surface area (Å²) in [5.41, 5.74) is 0. The van der Waals surface area contributed by atoms with Crippen molar-refractivity contribution >= 4 is 13.5 Å². The molecule has 0 aromatic heterocycles. The second-order valence-corrected chi connectivity index (χ2v) is 8.07. The minimum atomic E-state index is -4.21. The molecule has 22 heavy (non-hydrogen) atoms. The second kappa shape index (κ2) is 13.1. The van der Waals surface area contributed by atoms with Crippen molar-refractivity contribution < 1.29 is 19.1 Å². The van der Waals surface area contributed by atoms with Crippen LogP contribution in [0.25, 0.3) is 0 Å². The highest BCUT2D eigenvalue weighted by molar-refractivity contribution is 7.52. The van der Waals surface area contributed by atoms with Crippen LogP contribution in [0.1, 0.15) is 90.9 Å². The molecular weight excluding hydrogens is 301 g/mol. The van der Waals surface area contributed by atoms with E-state index in [4.69, 9.17) is 9.79 Å². The SMILES string of the molecule is CCCCCCCCCCCCCC(=O)N[C@@H](C)P(=O)(O)O. The van der Waals surface area contributed by atoms with Gasteiger partial charge in [-0.3, -0.25) is 9.36 Å². The molecule has 0 spiro atoms. The van der Waals surface area contributed by atoms with Crippen LogP contribution in [0.2, 0.25) is 0 Å². The largest absolute Gasteiger partial charge is 0.347 e. The lowest BCUT2D eigenvalue weighted by atomic mass is 10.1. The van der Waals surface area contributed by atoms with Gasteiger partial charge in [-0.15, -0.1) is 0 Å². The summed E-state index contributed by atoms with van der Waals surface area (Å²) in [5, 5.41) is 2.35. The van der Waals surface area contributed by atoms with Crippen molar-refractivity contribution in [3.63, 3.8) is 0 Å². The molecule has 0 saturated heterocycles. The van der Waals surface area contributed by atoms with Crippen LogP contribution >= 0.6 is 7.60 Å².